The maximum atomic E-state index is 5.96. The summed E-state index contributed by atoms with van der Waals surface area (Å²) in [5, 5.41) is 3.95. The lowest BCUT2D eigenvalue weighted by Gasteiger charge is -2.06. The maximum Gasteiger partial charge on any atom is 0.137 e. The molecule has 0 aliphatic carbocycles. The van der Waals surface area contributed by atoms with Crippen LogP contribution in [0.15, 0.2) is 77.6 Å². The van der Waals surface area contributed by atoms with Crippen molar-refractivity contribution in [3.05, 3.63) is 90.1 Å². The highest BCUT2D eigenvalue weighted by Crippen LogP contribution is 2.27. The van der Waals surface area contributed by atoms with Gasteiger partial charge >= 0.3 is 0 Å². The molecule has 0 fully saturated rings. The predicted octanol–water partition coefficient (Wildman–Crippen LogP) is 4.34. The Bertz CT molecular complexity index is 1400. The molecule has 5 rings (SSSR count). The molecule has 0 saturated carbocycles. The molecule has 0 atom stereocenters. The highest BCUT2D eigenvalue weighted by Gasteiger charge is 2.14. The SMILES string of the molecule is Cc1nc2ccccn2c1-c1ccc(N)nc1C#Cc1ccc(-c2ccon2)cc1. The lowest BCUT2D eigenvalue weighted by molar-refractivity contribution is 0.422. The zero-order valence-electron chi connectivity index (χ0n) is 16.2. The van der Waals surface area contributed by atoms with E-state index in [0.717, 1.165) is 39.4 Å². The molecule has 6 nitrogen and oxygen atoms in total. The minimum atomic E-state index is 0.427. The lowest BCUT2D eigenvalue weighted by atomic mass is 10.1. The van der Waals surface area contributed by atoms with E-state index in [0.29, 0.717) is 11.5 Å². The van der Waals surface area contributed by atoms with Gasteiger partial charge in [0.2, 0.25) is 0 Å². The van der Waals surface area contributed by atoms with Crippen LogP contribution >= 0.6 is 0 Å². The van der Waals surface area contributed by atoms with Crippen LogP contribution in [-0.2, 0) is 0 Å². The normalized spacial score (nSPS) is 10.7. The average Bonchev–Trinajstić information content (AvgIpc) is 3.40. The first-order valence-electron chi connectivity index (χ1n) is 9.42. The monoisotopic (exact) mass is 391 g/mol. The van der Waals surface area contributed by atoms with Gasteiger partial charge in [0.25, 0.3) is 0 Å². The molecule has 0 spiro atoms. The molecule has 4 heterocycles. The fourth-order valence-electron chi connectivity index (χ4n) is 3.42. The Labute approximate surface area is 173 Å². The van der Waals surface area contributed by atoms with Gasteiger partial charge in [-0.3, -0.25) is 4.40 Å². The van der Waals surface area contributed by atoms with Crippen molar-refractivity contribution >= 4 is 11.5 Å². The second kappa shape index (κ2) is 7.22. The number of anilines is 1. The van der Waals surface area contributed by atoms with E-state index < -0.39 is 0 Å². The molecule has 0 saturated heterocycles. The molecule has 0 radical (unpaired) electrons. The number of hydrogen-bond acceptors (Lipinski definition) is 5. The summed E-state index contributed by atoms with van der Waals surface area (Å²) < 4.78 is 6.94. The number of rotatable bonds is 2. The van der Waals surface area contributed by atoms with Crippen LogP contribution in [0.25, 0.3) is 28.2 Å². The van der Waals surface area contributed by atoms with Gasteiger partial charge in [0.1, 0.15) is 29.1 Å². The standard InChI is InChI=1S/C24H17N5O/c1-16-24(29-14-3-2-4-23(29)26-16)19-10-12-22(25)27-21(19)11-7-17-5-8-18(9-6-17)20-13-15-30-28-20/h2-6,8-10,12-15H,1H3,(H2,25,27). The summed E-state index contributed by atoms with van der Waals surface area (Å²) in [5.74, 6) is 6.80. The Hall–Kier alpha value is -4.37. The molecular weight excluding hydrogens is 374 g/mol. The first-order chi connectivity index (χ1) is 14.7. The van der Waals surface area contributed by atoms with E-state index >= 15 is 0 Å². The summed E-state index contributed by atoms with van der Waals surface area (Å²) in [6.45, 7) is 1.98. The number of nitrogens with zero attached hydrogens (tertiary/aromatic N) is 4. The number of benzene rings is 1. The fourth-order valence-corrected chi connectivity index (χ4v) is 3.42. The number of pyridine rings is 2. The summed E-state index contributed by atoms with van der Waals surface area (Å²) in [5.41, 5.74) is 12.8. The van der Waals surface area contributed by atoms with Crippen LogP contribution in [0.1, 0.15) is 17.0 Å². The minimum Gasteiger partial charge on any atom is -0.384 e. The predicted molar refractivity (Wildman–Crippen MR) is 115 cm³/mol. The van der Waals surface area contributed by atoms with Crippen molar-refractivity contribution in [3.8, 4) is 34.4 Å². The Morgan fingerprint density at radius 1 is 0.933 bits per heavy atom. The van der Waals surface area contributed by atoms with E-state index in [2.05, 4.69) is 27.0 Å². The number of nitrogen functional groups attached to an aromatic ring is 1. The van der Waals surface area contributed by atoms with E-state index in [-0.39, 0.29) is 0 Å². The summed E-state index contributed by atoms with van der Waals surface area (Å²) in [6, 6.07) is 19.3. The number of aryl methyl sites for hydroxylation is 1. The lowest BCUT2D eigenvalue weighted by Crippen LogP contribution is -1.98. The third kappa shape index (κ3) is 3.19. The van der Waals surface area contributed by atoms with Crippen LogP contribution in [0, 0.1) is 18.8 Å². The topological polar surface area (TPSA) is 82.2 Å². The van der Waals surface area contributed by atoms with Crippen LogP contribution in [0.5, 0.6) is 0 Å². The summed E-state index contributed by atoms with van der Waals surface area (Å²) in [6.07, 6.45) is 3.54. The smallest absolute Gasteiger partial charge is 0.137 e. The number of imidazole rings is 1. The van der Waals surface area contributed by atoms with E-state index in [1.807, 2.05) is 72.1 Å². The van der Waals surface area contributed by atoms with Crippen molar-refractivity contribution in [2.45, 2.75) is 6.92 Å². The van der Waals surface area contributed by atoms with Gasteiger partial charge in [-0.05, 0) is 49.2 Å². The van der Waals surface area contributed by atoms with Crippen LogP contribution in [-0.4, -0.2) is 19.5 Å². The third-order valence-electron chi connectivity index (χ3n) is 4.82. The van der Waals surface area contributed by atoms with Crippen LogP contribution in [0.2, 0.25) is 0 Å². The number of aromatic nitrogens is 4. The summed E-state index contributed by atoms with van der Waals surface area (Å²) in [4.78, 5) is 9.14. The van der Waals surface area contributed by atoms with Gasteiger partial charge in [0.05, 0.1) is 11.4 Å². The molecule has 2 N–H and O–H groups in total. The second-order valence-electron chi connectivity index (χ2n) is 6.82. The van der Waals surface area contributed by atoms with Crippen molar-refractivity contribution in [2.75, 3.05) is 5.73 Å². The van der Waals surface area contributed by atoms with E-state index in [9.17, 15) is 0 Å². The van der Waals surface area contributed by atoms with Gasteiger partial charge < -0.3 is 10.3 Å². The first-order valence-corrected chi connectivity index (χ1v) is 9.42. The molecule has 0 unspecified atom stereocenters. The maximum absolute atomic E-state index is 5.96. The molecule has 30 heavy (non-hydrogen) atoms. The van der Waals surface area contributed by atoms with Gasteiger partial charge in [-0.15, -0.1) is 0 Å². The van der Waals surface area contributed by atoms with Gasteiger partial charge in [-0.2, -0.15) is 0 Å². The second-order valence-corrected chi connectivity index (χ2v) is 6.82. The van der Waals surface area contributed by atoms with Gasteiger partial charge in [0, 0.05) is 29.0 Å². The van der Waals surface area contributed by atoms with E-state index in [1.54, 1.807) is 12.3 Å². The Morgan fingerprint density at radius 2 is 1.80 bits per heavy atom. The van der Waals surface area contributed by atoms with Gasteiger partial charge in [0.15, 0.2) is 0 Å². The first kappa shape index (κ1) is 17.7. The summed E-state index contributed by atoms with van der Waals surface area (Å²) in [7, 11) is 0. The average molecular weight is 391 g/mol. The molecule has 144 valence electrons. The number of fused-ring (bicyclic) bond motifs is 1. The quantitative estimate of drug-likeness (QED) is 0.453. The van der Waals surface area contributed by atoms with Crippen molar-refractivity contribution in [3.63, 3.8) is 0 Å². The van der Waals surface area contributed by atoms with Crippen LogP contribution in [0.4, 0.5) is 5.82 Å². The zero-order valence-corrected chi connectivity index (χ0v) is 16.2. The van der Waals surface area contributed by atoms with Crippen molar-refractivity contribution in [1.29, 1.82) is 0 Å². The fraction of sp³-hybridized carbons (Fsp3) is 0.0417. The molecule has 0 aliphatic rings. The van der Waals surface area contributed by atoms with E-state index in [4.69, 9.17) is 10.3 Å². The van der Waals surface area contributed by atoms with Crippen molar-refractivity contribution in [1.82, 2.24) is 19.5 Å². The Morgan fingerprint density at radius 3 is 2.60 bits per heavy atom. The van der Waals surface area contributed by atoms with E-state index in [1.165, 1.54) is 0 Å². The minimum absolute atomic E-state index is 0.427. The largest absolute Gasteiger partial charge is 0.384 e. The highest BCUT2D eigenvalue weighted by molar-refractivity contribution is 5.73. The Balaban J connectivity index is 1.57. The molecule has 6 heteroatoms. The van der Waals surface area contributed by atoms with Crippen LogP contribution < -0.4 is 5.73 Å². The molecule has 0 bridgehead atoms. The molecule has 5 aromatic rings. The molecule has 0 amide bonds. The number of hydrogen-bond donors (Lipinski definition) is 1. The summed E-state index contributed by atoms with van der Waals surface area (Å²) >= 11 is 0. The zero-order chi connectivity index (χ0) is 20.5. The molecule has 4 aromatic heterocycles. The van der Waals surface area contributed by atoms with Crippen molar-refractivity contribution in [2.24, 2.45) is 0 Å². The van der Waals surface area contributed by atoms with Gasteiger partial charge in [-0.25, -0.2) is 9.97 Å². The van der Waals surface area contributed by atoms with Gasteiger partial charge in [-0.1, -0.05) is 29.3 Å². The van der Waals surface area contributed by atoms with Crippen molar-refractivity contribution < 1.29 is 4.52 Å². The molecule has 1 aromatic carbocycles. The Kier molecular flexibility index (Phi) is 4.26. The molecule has 0 aliphatic heterocycles. The highest BCUT2D eigenvalue weighted by atomic mass is 16.5. The third-order valence-corrected chi connectivity index (χ3v) is 4.82. The number of nitrogens with two attached hydrogens (primary N) is 1. The molecular formula is C24H17N5O. The van der Waals surface area contributed by atoms with Crippen LogP contribution in [0.3, 0.4) is 0 Å².